The number of anilines is 1. The molecule has 1 aliphatic rings. The third kappa shape index (κ3) is 2.57. The number of hydrogen-bond acceptors (Lipinski definition) is 9. The van der Waals surface area contributed by atoms with E-state index >= 15 is 0 Å². The largest absolute Gasteiger partial charge is 0.384 e. The Morgan fingerprint density at radius 2 is 2.04 bits per heavy atom. The maximum Gasteiger partial charge on any atom is 0.168 e. The van der Waals surface area contributed by atoms with E-state index in [1.807, 2.05) is 0 Å². The summed E-state index contributed by atoms with van der Waals surface area (Å²) in [7, 11) is 0. The van der Waals surface area contributed by atoms with Crippen LogP contribution in [0.5, 0.6) is 0 Å². The third-order valence-corrected chi connectivity index (χ3v) is 5.09. The second-order valence-electron chi connectivity index (χ2n) is 6.95. The van der Waals surface area contributed by atoms with Crippen LogP contribution in [0.1, 0.15) is 39.8 Å². The molecule has 142 valence electrons. The quantitative estimate of drug-likeness (QED) is 0.550. The summed E-state index contributed by atoms with van der Waals surface area (Å²) in [4.78, 5) is 24.2. The number of aliphatic hydroxyl groups is 3. The number of Topliss-reactive ketones (excluding diaryl/α,β-unsaturated/α-hetero) is 1. The Hall–Kier alpha value is -2.14. The summed E-state index contributed by atoms with van der Waals surface area (Å²) in [6.07, 6.45) is -0.753. The number of nitrogens with two attached hydrogens (primary N) is 1. The van der Waals surface area contributed by atoms with Crippen LogP contribution in [0.15, 0.2) is 12.7 Å². The Morgan fingerprint density at radius 3 is 2.69 bits per heavy atom. The molecule has 10 nitrogen and oxygen atoms in total. The average Bonchev–Trinajstić information content (AvgIpc) is 3.06. The van der Waals surface area contributed by atoms with Gasteiger partial charge in [0.15, 0.2) is 23.5 Å². The van der Waals surface area contributed by atoms with E-state index in [1.54, 1.807) is 6.92 Å². The summed E-state index contributed by atoms with van der Waals surface area (Å²) in [5.74, 6) is -0.302. The molecule has 0 saturated carbocycles. The molecule has 1 fully saturated rings. The second-order valence-corrected chi connectivity index (χ2v) is 6.95. The number of aliphatic hydroxyl groups excluding tert-OH is 1. The van der Waals surface area contributed by atoms with Crippen molar-refractivity contribution in [1.29, 1.82) is 0 Å². The molecule has 1 aliphatic heterocycles. The Kier molecular flexibility index (Phi) is 4.47. The minimum atomic E-state index is -1.91. The van der Waals surface area contributed by atoms with E-state index in [4.69, 9.17) is 10.5 Å². The van der Waals surface area contributed by atoms with Crippen molar-refractivity contribution in [2.75, 3.05) is 5.73 Å². The first kappa shape index (κ1) is 18.6. The number of nitrogen functional groups attached to an aromatic ring is 1. The molecule has 3 heterocycles. The van der Waals surface area contributed by atoms with Crippen molar-refractivity contribution < 1.29 is 24.9 Å². The number of imidazole rings is 1. The molecule has 2 aromatic rings. The molecule has 10 heteroatoms. The number of fused-ring (bicyclic) bond motifs is 1. The van der Waals surface area contributed by atoms with Crippen LogP contribution in [0.2, 0.25) is 0 Å². The highest BCUT2D eigenvalue weighted by Crippen LogP contribution is 2.47. The molecule has 26 heavy (non-hydrogen) atoms. The van der Waals surface area contributed by atoms with Crippen LogP contribution in [-0.4, -0.2) is 64.0 Å². The fourth-order valence-corrected chi connectivity index (χ4v) is 3.26. The predicted molar refractivity (Wildman–Crippen MR) is 90.8 cm³/mol. The number of carbonyl (C=O) groups excluding carboxylic acids is 1. The van der Waals surface area contributed by atoms with Crippen LogP contribution in [0.3, 0.4) is 0 Å². The van der Waals surface area contributed by atoms with Gasteiger partial charge in [-0.2, -0.15) is 0 Å². The Balaban J connectivity index is 2.03. The van der Waals surface area contributed by atoms with Crippen molar-refractivity contribution in [2.24, 2.45) is 0 Å². The minimum Gasteiger partial charge on any atom is -0.384 e. The van der Waals surface area contributed by atoms with Gasteiger partial charge in [-0.05, 0) is 20.3 Å². The number of ether oxygens (including phenoxy) is 1. The van der Waals surface area contributed by atoms with Gasteiger partial charge in [-0.15, -0.1) is 0 Å². The van der Waals surface area contributed by atoms with E-state index in [0.29, 0.717) is 17.6 Å². The highest BCUT2D eigenvalue weighted by Gasteiger charge is 2.64. The van der Waals surface area contributed by atoms with Crippen molar-refractivity contribution in [2.45, 2.75) is 63.3 Å². The third-order valence-electron chi connectivity index (χ3n) is 5.09. The Morgan fingerprint density at radius 1 is 1.35 bits per heavy atom. The standard InChI is InChI=1S/C16H23N5O5/c1-4-5-8(22)10(23)11-15(2,24)16(3,25)14(26-11)21-7-20-9-12(17)18-6-19-13(9)21/h6-7,10-11,14,23-25H,4-5H2,1-3H3,(H2,17,18,19)/t10?,11-,14-,15-,16+/m1/s1. The molecule has 0 spiro atoms. The van der Waals surface area contributed by atoms with Gasteiger partial charge in [0.1, 0.15) is 35.3 Å². The molecule has 0 bridgehead atoms. The summed E-state index contributed by atoms with van der Waals surface area (Å²) < 4.78 is 7.17. The van der Waals surface area contributed by atoms with Crippen LogP contribution in [-0.2, 0) is 9.53 Å². The topological polar surface area (TPSA) is 157 Å². The maximum absolute atomic E-state index is 12.1. The van der Waals surface area contributed by atoms with Gasteiger partial charge in [-0.25, -0.2) is 15.0 Å². The molecular weight excluding hydrogens is 342 g/mol. The lowest BCUT2D eigenvalue weighted by Gasteiger charge is -2.36. The molecule has 3 rings (SSSR count). The molecule has 1 unspecified atom stereocenters. The van der Waals surface area contributed by atoms with Gasteiger partial charge in [-0.3, -0.25) is 9.36 Å². The number of aromatic nitrogens is 4. The predicted octanol–water partition coefficient (Wildman–Crippen LogP) is -0.462. The first-order chi connectivity index (χ1) is 12.1. The van der Waals surface area contributed by atoms with E-state index in [2.05, 4.69) is 15.0 Å². The van der Waals surface area contributed by atoms with Crippen LogP contribution in [0.4, 0.5) is 5.82 Å². The highest BCUT2D eigenvalue weighted by molar-refractivity contribution is 5.84. The zero-order valence-electron chi connectivity index (χ0n) is 14.8. The molecule has 5 N–H and O–H groups in total. The van der Waals surface area contributed by atoms with Crippen LogP contribution in [0.25, 0.3) is 11.2 Å². The number of ketones is 1. The van der Waals surface area contributed by atoms with E-state index in [-0.39, 0.29) is 12.2 Å². The van der Waals surface area contributed by atoms with Crippen LogP contribution < -0.4 is 5.73 Å². The first-order valence-corrected chi connectivity index (χ1v) is 8.37. The molecular formula is C16H23N5O5. The van der Waals surface area contributed by atoms with Gasteiger partial charge in [0.25, 0.3) is 0 Å². The van der Waals surface area contributed by atoms with Crippen molar-refractivity contribution in [3.05, 3.63) is 12.7 Å². The zero-order valence-corrected chi connectivity index (χ0v) is 14.8. The van der Waals surface area contributed by atoms with Gasteiger partial charge in [0, 0.05) is 6.42 Å². The maximum atomic E-state index is 12.1. The molecule has 5 atom stereocenters. The van der Waals surface area contributed by atoms with Gasteiger partial charge in [-0.1, -0.05) is 6.92 Å². The zero-order chi connectivity index (χ0) is 19.3. The van der Waals surface area contributed by atoms with E-state index in [1.165, 1.54) is 31.1 Å². The van der Waals surface area contributed by atoms with Crippen molar-refractivity contribution in [3.63, 3.8) is 0 Å². The van der Waals surface area contributed by atoms with Crippen molar-refractivity contribution in [3.8, 4) is 0 Å². The van der Waals surface area contributed by atoms with Crippen LogP contribution in [0, 0.1) is 0 Å². The Labute approximate surface area is 149 Å². The summed E-state index contributed by atoms with van der Waals surface area (Å²) >= 11 is 0. The lowest BCUT2D eigenvalue weighted by atomic mass is 9.80. The molecule has 1 saturated heterocycles. The van der Waals surface area contributed by atoms with Crippen LogP contribution >= 0.6 is 0 Å². The lowest BCUT2D eigenvalue weighted by molar-refractivity contribution is -0.154. The van der Waals surface area contributed by atoms with Gasteiger partial charge < -0.3 is 25.8 Å². The van der Waals surface area contributed by atoms with E-state index in [0.717, 1.165) is 0 Å². The molecule has 0 amide bonds. The fourth-order valence-electron chi connectivity index (χ4n) is 3.26. The van der Waals surface area contributed by atoms with E-state index in [9.17, 15) is 20.1 Å². The Bertz CT molecular complexity index is 834. The molecule has 0 radical (unpaired) electrons. The highest BCUT2D eigenvalue weighted by atomic mass is 16.6. The lowest BCUT2D eigenvalue weighted by Crippen LogP contribution is -2.57. The molecule has 0 aromatic carbocycles. The summed E-state index contributed by atoms with van der Waals surface area (Å²) in [6.45, 7) is 4.49. The second kappa shape index (κ2) is 6.23. The first-order valence-electron chi connectivity index (χ1n) is 8.37. The van der Waals surface area contributed by atoms with Crippen molar-refractivity contribution >= 4 is 22.8 Å². The normalized spacial score (nSPS) is 32.8. The van der Waals surface area contributed by atoms with Crippen molar-refractivity contribution in [1.82, 2.24) is 19.5 Å². The van der Waals surface area contributed by atoms with Gasteiger partial charge in [0.2, 0.25) is 0 Å². The number of carbonyl (C=O) groups is 1. The number of rotatable bonds is 5. The SMILES string of the molecule is CCCC(=O)C(O)[C@H]1O[C@@H](n2cnc3c(N)ncnc32)[C@](C)(O)[C@]1(C)O. The summed E-state index contributed by atoms with van der Waals surface area (Å²) in [5.41, 5.74) is 2.63. The molecule has 2 aromatic heterocycles. The number of nitrogens with zero attached hydrogens (tertiary/aromatic N) is 4. The summed E-state index contributed by atoms with van der Waals surface area (Å²) in [5, 5.41) is 32.3. The van der Waals surface area contributed by atoms with E-state index < -0.39 is 35.4 Å². The fraction of sp³-hybridized carbons (Fsp3) is 0.625. The average molecular weight is 365 g/mol. The smallest absolute Gasteiger partial charge is 0.168 e. The number of hydrogen-bond donors (Lipinski definition) is 4. The van der Waals surface area contributed by atoms with Gasteiger partial charge >= 0.3 is 0 Å². The minimum absolute atomic E-state index is 0.141. The van der Waals surface area contributed by atoms with Gasteiger partial charge in [0.05, 0.1) is 6.33 Å². The summed E-state index contributed by atoms with van der Waals surface area (Å²) in [6, 6.07) is 0. The molecule has 0 aliphatic carbocycles. The monoisotopic (exact) mass is 365 g/mol.